The molecule has 0 radical (unpaired) electrons. The van der Waals surface area contributed by atoms with Crippen LogP contribution in [0.5, 0.6) is 0 Å². The van der Waals surface area contributed by atoms with E-state index < -0.39 is 0 Å². The molecule has 3 heteroatoms. The summed E-state index contributed by atoms with van der Waals surface area (Å²) >= 11 is 0. The Bertz CT molecular complexity index is 230. The summed E-state index contributed by atoms with van der Waals surface area (Å²) in [5.74, 6) is 2.18. The fraction of sp³-hybridized carbons (Fsp3) is 0.917. The third kappa shape index (κ3) is 2.03. The number of nitrogens with zero attached hydrogens (tertiary/aromatic N) is 1. The molecule has 2 rings (SSSR count). The van der Waals surface area contributed by atoms with Gasteiger partial charge in [-0.05, 0) is 31.6 Å². The number of hydrogen-bond donors (Lipinski definition) is 1. The van der Waals surface area contributed by atoms with Crippen LogP contribution in [0.15, 0.2) is 0 Å². The van der Waals surface area contributed by atoms with Gasteiger partial charge >= 0.3 is 0 Å². The molecule has 2 atom stereocenters. The largest absolute Gasteiger partial charge is 0.341 e. The van der Waals surface area contributed by atoms with E-state index in [1.807, 2.05) is 11.8 Å². The minimum Gasteiger partial charge on any atom is -0.341 e. The van der Waals surface area contributed by atoms with Crippen molar-refractivity contribution in [2.75, 3.05) is 19.6 Å². The van der Waals surface area contributed by atoms with E-state index in [4.69, 9.17) is 5.73 Å². The van der Waals surface area contributed by atoms with Crippen molar-refractivity contribution < 1.29 is 4.79 Å². The third-order valence-corrected chi connectivity index (χ3v) is 4.03. The van der Waals surface area contributed by atoms with Crippen molar-refractivity contribution in [2.45, 2.75) is 32.6 Å². The number of nitrogens with two attached hydrogens (primary N) is 1. The normalized spacial score (nSPS) is 33.3. The molecule has 2 unspecified atom stereocenters. The molecule has 2 fully saturated rings. The molecule has 0 bridgehead atoms. The van der Waals surface area contributed by atoms with Crippen molar-refractivity contribution >= 4 is 5.91 Å². The van der Waals surface area contributed by atoms with Crippen molar-refractivity contribution in [1.82, 2.24) is 4.90 Å². The number of amides is 1. The Labute approximate surface area is 92.0 Å². The lowest BCUT2D eigenvalue weighted by Crippen LogP contribution is -2.36. The molecule has 0 aliphatic heterocycles. The number of carbonyl (C=O) groups is 1. The first kappa shape index (κ1) is 10.9. The molecular weight excluding hydrogens is 188 g/mol. The van der Waals surface area contributed by atoms with Crippen LogP contribution in [0.25, 0.3) is 0 Å². The van der Waals surface area contributed by atoms with Gasteiger partial charge in [0.15, 0.2) is 0 Å². The SMILES string of the molecule is CCN(CCN)C(=O)C1C2CCCCC21. The topological polar surface area (TPSA) is 46.3 Å². The highest BCUT2D eigenvalue weighted by molar-refractivity contribution is 5.82. The maximum Gasteiger partial charge on any atom is 0.226 e. The van der Waals surface area contributed by atoms with Crippen molar-refractivity contribution in [2.24, 2.45) is 23.5 Å². The minimum atomic E-state index is 0.360. The van der Waals surface area contributed by atoms with Crippen molar-refractivity contribution in [3.63, 3.8) is 0 Å². The molecule has 1 amide bonds. The maximum absolute atomic E-state index is 12.2. The summed E-state index contributed by atoms with van der Waals surface area (Å²) in [6.07, 6.45) is 5.21. The van der Waals surface area contributed by atoms with Crippen LogP contribution >= 0.6 is 0 Å². The van der Waals surface area contributed by atoms with Gasteiger partial charge in [-0.25, -0.2) is 0 Å². The molecule has 0 heterocycles. The number of rotatable bonds is 4. The first-order valence-corrected chi connectivity index (χ1v) is 6.28. The van der Waals surface area contributed by atoms with Crippen LogP contribution in [0.1, 0.15) is 32.6 Å². The predicted molar refractivity (Wildman–Crippen MR) is 60.2 cm³/mol. The van der Waals surface area contributed by atoms with Crippen LogP contribution in [0, 0.1) is 17.8 Å². The molecule has 2 aliphatic carbocycles. The monoisotopic (exact) mass is 210 g/mol. The van der Waals surface area contributed by atoms with Crippen LogP contribution in [0.2, 0.25) is 0 Å². The van der Waals surface area contributed by atoms with Crippen LogP contribution in [0.4, 0.5) is 0 Å². The summed E-state index contributed by atoms with van der Waals surface area (Å²) in [7, 11) is 0. The van der Waals surface area contributed by atoms with Gasteiger partial charge in [0.25, 0.3) is 0 Å². The molecule has 0 saturated heterocycles. The van der Waals surface area contributed by atoms with Crippen LogP contribution < -0.4 is 5.73 Å². The molecule has 2 N–H and O–H groups in total. The van der Waals surface area contributed by atoms with E-state index in [1.54, 1.807) is 0 Å². The smallest absolute Gasteiger partial charge is 0.226 e. The number of fused-ring (bicyclic) bond motifs is 1. The predicted octanol–water partition coefficient (Wildman–Crippen LogP) is 1.23. The van der Waals surface area contributed by atoms with E-state index in [0.717, 1.165) is 24.9 Å². The zero-order valence-electron chi connectivity index (χ0n) is 9.61. The van der Waals surface area contributed by atoms with Crippen molar-refractivity contribution in [3.05, 3.63) is 0 Å². The first-order chi connectivity index (χ1) is 7.29. The molecule has 0 aromatic rings. The minimum absolute atomic E-state index is 0.360. The molecule has 3 nitrogen and oxygen atoms in total. The molecule has 86 valence electrons. The van der Waals surface area contributed by atoms with Crippen LogP contribution in [-0.4, -0.2) is 30.4 Å². The molecule has 0 aromatic heterocycles. The molecule has 2 aliphatic rings. The second-order valence-corrected chi connectivity index (χ2v) is 4.84. The lowest BCUT2D eigenvalue weighted by Gasteiger charge is -2.20. The van der Waals surface area contributed by atoms with Gasteiger partial charge in [-0.15, -0.1) is 0 Å². The molecule has 0 aromatic carbocycles. The quantitative estimate of drug-likeness (QED) is 0.758. The summed E-state index contributed by atoms with van der Waals surface area (Å²) in [6, 6.07) is 0. The summed E-state index contributed by atoms with van der Waals surface area (Å²) in [5.41, 5.74) is 5.52. The van der Waals surface area contributed by atoms with Crippen LogP contribution in [-0.2, 0) is 4.79 Å². The summed E-state index contributed by atoms with van der Waals surface area (Å²) in [5, 5.41) is 0. The van der Waals surface area contributed by atoms with Crippen molar-refractivity contribution in [3.8, 4) is 0 Å². The zero-order valence-corrected chi connectivity index (χ0v) is 9.61. The average Bonchev–Trinajstić information content (AvgIpc) is 2.99. The van der Waals surface area contributed by atoms with Gasteiger partial charge < -0.3 is 10.6 Å². The second-order valence-electron chi connectivity index (χ2n) is 4.84. The second kappa shape index (κ2) is 4.52. The number of likely N-dealkylation sites (N-methyl/N-ethyl adjacent to an activating group) is 1. The van der Waals surface area contributed by atoms with Gasteiger partial charge in [-0.3, -0.25) is 4.79 Å². The van der Waals surface area contributed by atoms with E-state index in [1.165, 1.54) is 25.7 Å². The lowest BCUT2D eigenvalue weighted by molar-refractivity contribution is -0.132. The number of hydrogen-bond acceptors (Lipinski definition) is 2. The highest BCUT2D eigenvalue weighted by Gasteiger charge is 2.55. The van der Waals surface area contributed by atoms with Gasteiger partial charge in [0.2, 0.25) is 5.91 Å². The molecule has 15 heavy (non-hydrogen) atoms. The van der Waals surface area contributed by atoms with Gasteiger partial charge in [0.05, 0.1) is 0 Å². The Morgan fingerprint density at radius 2 is 1.93 bits per heavy atom. The maximum atomic E-state index is 12.2. The van der Waals surface area contributed by atoms with Crippen LogP contribution in [0.3, 0.4) is 0 Å². The Kier molecular flexibility index (Phi) is 3.29. The lowest BCUT2D eigenvalue weighted by atomic mass is 10.0. The van der Waals surface area contributed by atoms with Gasteiger partial charge in [-0.1, -0.05) is 12.8 Å². The van der Waals surface area contributed by atoms with E-state index >= 15 is 0 Å². The molecule has 2 saturated carbocycles. The molecule has 0 spiro atoms. The van der Waals surface area contributed by atoms with Gasteiger partial charge in [0, 0.05) is 25.6 Å². The van der Waals surface area contributed by atoms with E-state index in [-0.39, 0.29) is 0 Å². The highest BCUT2D eigenvalue weighted by Crippen LogP contribution is 2.55. The average molecular weight is 210 g/mol. The summed E-state index contributed by atoms with van der Waals surface area (Å²) in [6.45, 7) is 4.17. The van der Waals surface area contributed by atoms with Gasteiger partial charge in [0.1, 0.15) is 0 Å². The fourth-order valence-corrected chi connectivity index (χ4v) is 3.15. The zero-order chi connectivity index (χ0) is 10.8. The first-order valence-electron chi connectivity index (χ1n) is 6.28. The van der Waals surface area contributed by atoms with E-state index in [0.29, 0.717) is 18.4 Å². The Morgan fingerprint density at radius 1 is 1.33 bits per heavy atom. The van der Waals surface area contributed by atoms with E-state index in [2.05, 4.69) is 0 Å². The Morgan fingerprint density at radius 3 is 2.40 bits per heavy atom. The van der Waals surface area contributed by atoms with Crippen molar-refractivity contribution in [1.29, 1.82) is 0 Å². The van der Waals surface area contributed by atoms with Gasteiger partial charge in [-0.2, -0.15) is 0 Å². The summed E-state index contributed by atoms with van der Waals surface area (Å²) in [4.78, 5) is 14.1. The number of carbonyl (C=O) groups excluding carboxylic acids is 1. The fourth-order valence-electron chi connectivity index (χ4n) is 3.15. The highest BCUT2D eigenvalue weighted by atomic mass is 16.2. The van der Waals surface area contributed by atoms with E-state index in [9.17, 15) is 4.79 Å². The Balaban J connectivity index is 1.90. The standard InChI is InChI=1S/C12H22N2O/c1-2-14(8-7-13)12(15)11-9-5-3-4-6-10(9)11/h9-11H,2-8,13H2,1H3. The third-order valence-electron chi connectivity index (χ3n) is 4.03. The summed E-state index contributed by atoms with van der Waals surface area (Å²) < 4.78 is 0. The molecular formula is C12H22N2O. The Hall–Kier alpha value is -0.570.